The molecule has 6 nitrogen and oxygen atoms in total. The third-order valence-corrected chi connectivity index (χ3v) is 3.98. The van der Waals surface area contributed by atoms with Crippen molar-refractivity contribution in [1.29, 1.82) is 0 Å². The lowest BCUT2D eigenvalue weighted by Gasteiger charge is -2.28. The van der Waals surface area contributed by atoms with Crippen LogP contribution in [0.1, 0.15) is 16.2 Å². The zero-order valence-electron chi connectivity index (χ0n) is 12.5. The SMILES string of the molecule is O=C(c1ccccc1)N1CCn2c(nnc2-c2cccnc2)C1. The Morgan fingerprint density at radius 2 is 1.87 bits per heavy atom. The average molecular weight is 305 g/mol. The molecule has 1 amide bonds. The molecule has 114 valence electrons. The van der Waals surface area contributed by atoms with Gasteiger partial charge < -0.3 is 9.47 Å². The Hall–Kier alpha value is -3.02. The van der Waals surface area contributed by atoms with E-state index in [4.69, 9.17) is 0 Å². The second-order valence-electron chi connectivity index (χ2n) is 5.43. The number of benzene rings is 1. The van der Waals surface area contributed by atoms with E-state index >= 15 is 0 Å². The summed E-state index contributed by atoms with van der Waals surface area (Å²) in [5.41, 5.74) is 1.64. The van der Waals surface area contributed by atoms with E-state index in [1.165, 1.54) is 0 Å². The van der Waals surface area contributed by atoms with E-state index < -0.39 is 0 Å². The third kappa shape index (κ3) is 2.48. The molecule has 3 aromatic rings. The predicted octanol–water partition coefficient (Wildman–Crippen LogP) is 2.00. The maximum absolute atomic E-state index is 12.5. The molecule has 1 aliphatic rings. The summed E-state index contributed by atoms with van der Waals surface area (Å²) in [5.74, 6) is 1.64. The fraction of sp³-hybridized carbons (Fsp3) is 0.176. The summed E-state index contributed by atoms with van der Waals surface area (Å²) in [5, 5.41) is 8.52. The highest BCUT2D eigenvalue weighted by Crippen LogP contribution is 2.21. The molecular formula is C17H15N5O. The highest BCUT2D eigenvalue weighted by atomic mass is 16.2. The van der Waals surface area contributed by atoms with Gasteiger partial charge in [-0.05, 0) is 24.3 Å². The molecule has 0 saturated carbocycles. The van der Waals surface area contributed by atoms with E-state index in [0.717, 1.165) is 17.2 Å². The summed E-state index contributed by atoms with van der Waals surface area (Å²) in [6, 6.07) is 13.2. The Morgan fingerprint density at radius 3 is 2.65 bits per heavy atom. The molecule has 1 aromatic carbocycles. The van der Waals surface area contributed by atoms with Crippen molar-refractivity contribution in [3.05, 3.63) is 66.2 Å². The van der Waals surface area contributed by atoms with E-state index in [0.29, 0.717) is 25.2 Å². The van der Waals surface area contributed by atoms with Crippen LogP contribution in [0.5, 0.6) is 0 Å². The lowest BCUT2D eigenvalue weighted by Crippen LogP contribution is -2.38. The molecule has 0 saturated heterocycles. The van der Waals surface area contributed by atoms with Crippen LogP contribution in [0.25, 0.3) is 11.4 Å². The van der Waals surface area contributed by atoms with Crippen LogP contribution in [0.4, 0.5) is 0 Å². The largest absolute Gasteiger partial charge is 0.329 e. The van der Waals surface area contributed by atoms with E-state index in [1.807, 2.05) is 47.4 Å². The Morgan fingerprint density at radius 1 is 1.00 bits per heavy atom. The van der Waals surface area contributed by atoms with Crippen LogP contribution in [0, 0.1) is 0 Å². The Labute approximate surface area is 133 Å². The number of fused-ring (bicyclic) bond motifs is 1. The summed E-state index contributed by atoms with van der Waals surface area (Å²) in [6.45, 7) is 1.80. The number of hydrogen-bond acceptors (Lipinski definition) is 4. The quantitative estimate of drug-likeness (QED) is 0.726. The van der Waals surface area contributed by atoms with Crippen molar-refractivity contribution in [3.63, 3.8) is 0 Å². The summed E-state index contributed by atoms with van der Waals surface area (Å²) in [6.07, 6.45) is 3.51. The van der Waals surface area contributed by atoms with Gasteiger partial charge in [0, 0.05) is 36.6 Å². The average Bonchev–Trinajstić information content (AvgIpc) is 3.06. The van der Waals surface area contributed by atoms with Gasteiger partial charge in [-0.2, -0.15) is 0 Å². The molecule has 0 N–H and O–H groups in total. The summed E-state index contributed by atoms with van der Waals surface area (Å²) >= 11 is 0. The van der Waals surface area contributed by atoms with Gasteiger partial charge in [0.25, 0.3) is 5.91 Å². The van der Waals surface area contributed by atoms with Crippen LogP contribution in [0.2, 0.25) is 0 Å². The van der Waals surface area contributed by atoms with Crippen molar-refractivity contribution in [1.82, 2.24) is 24.6 Å². The minimum absolute atomic E-state index is 0.0303. The van der Waals surface area contributed by atoms with Gasteiger partial charge in [-0.1, -0.05) is 18.2 Å². The van der Waals surface area contributed by atoms with Gasteiger partial charge in [0.2, 0.25) is 0 Å². The lowest BCUT2D eigenvalue weighted by molar-refractivity contribution is 0.0708. The monoisotopic (exact) mass is 305 g/mol. The van der Waals surface area contributed by atoms with Gasteiger partial charge in [0.05, 0.1) is 6.54 Å². The highest BCUT2D eigenvalue weighted by Gasteiger charge is 2.25. The van der Waals surface area contributed by atoms with E-state index in [1.54, 1.807) is 12.4 Å². The van der Waals surface area contributed by atoms with Crippen LogP contribution in [-0.2, 0) is 13.1 Å². The minimum atomic E-state index is 0.0303. The Balaban J connectivity index is 1.60. The number of pyridine rings is 1. The van der Waals surface area contributed by atoms with Gasteiger partial charge in [-0.25, -0.2) is 0 Å². The van der Waals surface area contributed by atoms with Crippen molar-refractivity contribution >= 4 is 5.91 Å². The van der Waals surface area contributed by atoms with Crippen LogP contribution in [-0.4, -0.2) is 37.1 Å². The lowest BCUT2D eigenvalue weighted by atomic mass is 10.2. The molecule has 0 atom stereocenters. The zero-order chi connectivity index (χ0) is 15.6. The van der Waals surface area contributed by atoms with Crippen LogP contribution < -0.4 is 0 Å². The molecular weight excluding hydrogens is 290 g/mol. The smallest absolute Gasteiger partial charge is 0.254 e. The maximum atomic E-state index is 12.5. The number of rotatable bonds is 2. The molecule has 0 unspecified atom stereocenters. The van der Waals surface area contributed by atoms with E-state index in [9.17, 15) is 4.79 Å². The highest BCUT2D eigenvalue weighted by molar-refractivity contribution is 5.94. The molecule has 3 heterocycles. The van der Waals surface area contributed by atoms with Crippen LogP contribution in [0.3, 0.4) is 0 Å². The number of carbonyl (C=O) groups excluding carboxylic acids is 1. The number of hydrogen-bond donors (Lipinski definition) is 0. The molecule has 0 spiro atoms. The molecule has 0 bridgehead atoms. The van der Waals surface area contributed by atoms with Crippen molar-refractivity contribution in [3.8, 4) is 11.4 Å². The maximum Gasteiger partial charge on any atom is 0.254 e. The molecule has 0 fully saturated rings. The van der Waals surface area contributed by atoms with Gasteiger partial charge in [-0.15, -0.1) is 10.2 Å². The Kier molecular flexibility index (Phi) is 3.34. The summed E-state index contributed by atoms with van der Waals surface area (Å²) in [7, 11) is 0. The van der Waals surface area contributed by atoms with E-state index in [2.05, 4.69) is 19.7 Å². The standard InChI is InChI=1S/C17H15N5O/c23-17(13-5-2-1-3-6-13)21-9-10-22-15(12-21)19-20-16(22)14-7-4-8-18-11-14/h1-8,11H,9-10,12H2. The Bertz CT molecular complexity index is 829. The summed E-state index contributed by atoms with van der Waals surface area (Å²) in [4.78, 5) is 18.5. The number of amides is 1. The molecule has 0 aliphatic carbocycles. The number of carbonyl (C=O) groups is 1. The van der Waals surface area contributed by atoms with Crippen molar-refractivity contribution < 1.29 is 4.79 Å². The van der Waals surface area contributed by atoms with Gasteiger partial charge >= 0.3 is 0 Å². The summed E-state index contributed by atoms with van der Waals surface area (Å²) < 4.78 is 2.06. The first kappa shape index (κ1) is 13.6. The molecule has 4 rings (SSSR count). The molecule has 0 radical (unpaired) electrons. The first-order chi connectivity index (χ1) is 11.3. The van der Waals surface area contributed by atoms with Crippen molar-refractivity contribution in [2.24, 2.45) is 0 Å². The third-order valence-electron chi connectivity index (χ3n) is 3.98. The number of aromatic nitrogens is 4. The topological polar surface area (TPSA) is 63.9 Å². The molecule has 1 aliphatic heterocycles. The van der Waals surface area contributed by atoms with Gasteiger partial charge in [0.15, 0.2) is 11.6 Å². The fourth-order valence-electron chi connectivity index (χ4n) is 2.80. The molecule has 6 heteroatoms. The normalized spacial score (nSPS) is 13.7. The predicted molar refractivity (Wildman–Crippen MR) is 84.4 cm³/mol. The van der Waals surface area contributed by atoms with Gasteiger partial charge in [-0.3, -0.25) is 9.78 Å². The second kappa shape index (κ2) is 5.64. The second-order valence-corrected chi connectivity index (χ2v) is 5.43. The first-order valence-electron chi connectivity index (χ1n) is 7.50. The molecule has 2 aromatic heterocycles. The zero-order valence-corrected chi connectivity index (χ0v) is 12.5. The van der Waals surface area contributed by atoms with Crippen molar-refractivity contribution in [2.45, 2.75) is 13.1 Å². The fourth-order valence-corrected chi connectivity index (χ4v) is 2.80. The van der Waals surface area contributed by atoms with Crippen LogP contribution >= 0.6 is 0 Å². The minimum Gasteiger partial charge on any atom is -0.329 e. The molecule has 23 heavy (non-hydrogen) atoms. The van der Waals surface area contributed by atoms with Gasteiger partial charge in [0.1, 0.15) is 0 Å². The van der Waals surface area contributed by atoms with Crippen LogP contribution in [0.15, 0.2) is 54.9 Å². The number of nitrogens with zero attached hydrogens (tertiary/aromatic N) is 5. The van der Waals surface area contributed by atoms with Crippen molar-refractivity contribution in [2.75, 3.05) is 6.54 Å². The van der Waals surface area contributed by atoms with E-state index in [-0.39, 0.29) is 5.91 Å². The first-order valence-corrected chi connectivity index (χ1v) is 7.50.